The van der Waals surface area contributed by atoms with Crippen molar-refractivity contribution in [3.63, 3.8) is 0 Å². The van der Waals surface area contributed by atoms with Gasteiger partial charge in [-0.1, -0.05) is 12.1 Å². The number of phenols is 1. The Morgan fingerprint density at radius 1 is 0.935 bits per heavy atom. The van der Waals surface area contributed by atoms with Gasteiger partial charge in [0.2, 0.25) is 0 Å². The number of phenolic OH excluding ortho intramolecular Hbond substituents is 1. The van der Waals surface area contributed by atoms with Gasteiger partial charge in [-0.15, -0.1) is 12.4 Å². The largest absolute Gasteiger partial charge is 0.504 e. The number of halogens is 1. The van der Waals surface area contributed by atoms with Crippen LogP contribution in [-0.4, -0.2) is 29.5 Å². The topological polar surface area (TPSA) is 64.9 Å². The molecule has 2 N–H and O–H groups in total. The van der Waals surface area contributed by atoms with E-state index in [1.165, 1.54) is 0 Å². The third kappa shape index (κ3) is 4.31. The summed E-state index contributed by atoms with van der Waals surface area (Å²) >= 11 is 0. The monoisotopic (exact) mass is 444 g/mol. The first-order valence-corrected chi connectivity index (χ1v) is 10.5. The molecule has 166 valence electrons. The second-order valence-corrected chi connectivity index (χ2v) is 7.04. The van der Waals surface area contributed by atoms with Crippen LogP contribution in [0.4, 0.5) is 0 Å². The van der Waals surface area contributed by atoms with E-state index >= 15 is 0 Å². The Labute approximate surface area is 189 Å². The first kappa shape index (κ1) is 22.8. The number of rotatable bonds is 7. The molecule has 2 aromatic carbocycles. The summed E-state index contributed by atoms with van der Waals surface area (Å²) in [6, 6.07) is 13.6. The predicted molar refractivity (Wildman–Crippen MR) is 123 cm³/mol. The maximum atomic E-state index is 10.9. The Morgan fingerprint density at radius 2 is 1.61 bits per heavy atom. The van der Waals surface area contributed by atoms with E-state index in [9.17, 15) is 5.11 Å². The Morgan fingerprint density at radius 3 is 2.32 bits per heavy atom. The van der Waals surface area contributed by atoms with Crippen LogP contribution in [-0.2, 0) is 6.54 Å². The van der Waals surface area contributed by atoms with E-state index < -0.39 is 0 Å². The van der Waals surface area contributed by atoms with Crippen molar-refractivity contribution in [3.8, 4) is 28.7 Å². The second kappa shape index (κ2) is 9.98. The van der Waals surface area contributed by atoms with Crippen molar-refractivity contribution in [1.29, 1.82) is 0 Å². The molecule has 1 aliphatic heterocycles. The number of nitrogens with one attached hydrogen (secondary N) is 1. The number of para-hydroxylation sites is 1. The van der Waals surface area contributed by atoms with Crippen molar-refractivity contribution >= 4 is 12.4 Å². The van der Waals surface area contributed by atoms with Crippen molar-refractivity contribution in [2.75, 3.05) is 19.8 Å². The number of hydrogen-bond acceptors (Lipinski definition) is 5. The molecule has 4 rings (SSSR count). The highest BCUT2D eigenvalue weighted by atomic mass is 35.5. The SMILES string of the molecule is CCOc1cc2c(cc1OCC)-n1cccc1C(c1cccc(OCC)c1O)NC2.Cl. The van der Waals surface area contributed by atoms with Gasteiger partial charge in [-0.05, 0) is 50.6 Å². The molecule has 0 spiro atoms. The third-order valence-corrected chi connectivity index (χ3v) is 5.22. The Balaban J connectivity index is 0.00000272. The van der Waals surface area contributed by atoms with Crippen LogP contribution in [0.25, 0.3) is 5.69 Å². The Bertz CT molecular complexity index is 1030. The zero-order chi connectivity index (χ0) is 21.1. The van der Waals surface area contributed by atoms with Crippen molar-refractivity contribution in [2.24, 2.45) is 0 Å². The van der Waals surface area contributed by atoms with Crippen LogP contribution in [0.1, 0.15) is 43.6 Å². The van der Waals surface area contributed by atoms with Crippen molar-refractivity contribution in [3.05, 3.63) is 65.5 Å². The molecule has 0 bridgehead atoms. The minimum absolute atomic E-state index is 0. The van der Waals surface area contributed by atoms with Gasteiger partial charge in [0.05, 0.1) is 31.5 Å². The van der Waals surface area contributed by atoms with Crippen LogP contribution in [0.5, 0.6) is 23.0 Å². The molecule has 0 saturated carbocycles. The summed E-state index contributed by atoms with van der Waals surface area (Å²) in [7, 11) is 0. The molecule has 3 aromatic rings. The van der Waals surface area contributed by atoms with Gasteiger partial charge in [-0.2, -0.15) is 0 Å². The molecular weight excluding hydrogens is 416 g/mol. The zero-order valence-electron chi connectivity index (χ0n) is 18.1. The van der Waals surface area contributed by atoms with Gasteiger partial charge in [0, 0.05) is 30.1 Å². The predicted octanol–water partition coefficient (Wildman–Crippen LogP) is 4.99. The molecule has 1 aliphatic rings. The fraction of sp³-hybridized carbons (Fsp3) is 0.333. The summed E-state index contributed by atoms with van der Waals surface area (Å²) < 4.78 is 19.4. The second-order valence-electron chi connectivity index (χ2n) is 7.04. The number of benzene rings is 2. The van der Waals surface area contributed by atoms with Gasteiger partial charge in [0.25, 0.3) is 0 Å². The quantitative estimate of drug-likeness (QED) is 0.537. The van der Waals surface area contributed by atoms with E-state index in [0.717, 1.165) is 34.0 Å². The molecule has 1 aromatic heterocycles. The van der Waals surface area contributed by atoms with E-state index in [1.807, 2.05) is 57.3 Å². The first-order valence-electron chi connectivity index (χ1n) is 10.5. The normalized spacial score (nSPS) is 14.6. The van der Waals surface area contributed by atoms with Gasteiger partial charge < -0.3 is 29.2 Å². The fourth-order valence-electron chi connectivity index (χ4n) is 3.97. The van der Waals surface area contributed by atoms with Crippen LogP contribution in [0, 0.1) is 0 Å². The molecular formula is C24H29ClN2O4. The maximum Gasteiger partial charge on any atom is 0.163 e. The molecule has 0 fully saturated rings. The molecule has 1 unspecified atom stereocenters. The summed E-state index contributed by atoms with van der Waals surface area (Å²) in [5.74, 6) is 2.14. The summed E-state index contributed by atoms with van der Waals surface area (Å²) in [5.41, 5.74) is 3.95. The highest BCUT2D eigenvalue weighted by Crippen LogP contribution is 2.41. The number of ether oxygens (including phenoxy) is 3. The highest BCUT2D eigenvalue weighted by Gasteiger charge is 2.27. The summed E-state index contributed by atoms with van der Waals surface area (Å²) in [6.07, 6.45) is 2.04. The first-order chi connectivity index (χ1) is 14.7. The van der Waals surface area contributed by atoms with E-state index in [-0.39, 0.29) is 24.2 Å². The lowest BCUT2D eigenvalue weighted by Crippen LogP contribution is -2.21. The Hall–Kier alpha value is -2.83. The molecule has 0 aliphatic carbocycles. The van der Waals surface area contributed by atoms with E-state index in [2.05, 4.69) is 16.0 Å². The lowest BCUT2D eigenvalue weighted by molar-refractivity contribution is 0.287. The van der Waals surface area contributed by atoms with Gasteiger partial charge >= 0.3 is 0 Å². The number of fused-ring (bicyclic) bond motifs is 3. The molecule has 0 saturated heterocycles. The van der Waals surface area contributed by atoms with Crippen LogP contribution in [0.3, 0.4) is 0 Å². The molecule has 7 heteroatoms. The van der Waals surface area contributed by atoms with E-state index in [4.69, 9.17) is 14.2 Å². The van der Waals surface area contributed by atoms with E-state index in [0.29, 0.717) is 32.1 Å². The molecule has 1 atom stereocenters. The molecule has 2 heterocycles. The van der Waals surface area contributed by atoms with Gasteiger partial charge in [-0.25, -0.2) is 0 Å². The molecule has 0 radical (unpaired) electrons. The molecule has 6 nitrogen and oxygen atoms in total. The molecule has 0 amide bonds. The lowest BCUT2D eigenvalue weighted by atomic mass is 10.0. The van der Waals surface area contributed by atoms with Crippen molar-refractivity contribution in [1.82, 2.24) is 9.88 Å². The van der Waals surface area contributed by atoms with Crippen LogP contribution >= 0.6 is 12.4 Å². The standard InChI is InChI=1S/C24H28N2O4.ClH/c1-4-28-20-11-7-9-17(24(20)27)23-18-10-8-12-26(18)19-14-22(30-6-3)21(29-5-2)13-16(19)15-25-23;/h7-14,23,25,27H,4-6,15H2,1-3H3;1H. The zero-order valence-corrected chi connectivity index (χ0v) is 18.9. The van der Waals surface area contributed by atoms with Crippen LogP contribution in [0.2, 0.25) is 0 Å². The van der Waals surface area contributed by atoms with Crippen molar-refractivity contribution in [2.45, 2.75) is 33.4 Å². The number of aromatic hydroxyl groups is 1. The summed E-state index contributed by atoms with van der Waals surface area (Å²) in [6.45, 7) is 8.09. The minimum Gasteiger partial charge on any atom is -0.504 e. The van der Waals surface area contributed by atoms with Gasteiger partial charge in [-0.3, -0.25) is 0 Å². The molecule has 31 heavy (non-hydrogen) atoms. The van der Waals surface area contributed by atoms with Crippen LogP contribution < -0.4 is 19.5 Å². The van der Waals surface area contributed by atoms with Gasteiger partial charge in [0.15, 0.2) is 23.0 Å². The van der Waals surface area contributed by atoms with Crippen molar-refractivity contribution < 1.29 is 19.3 Å². The maximum absolute atomic E-state index is 10.9. The summed E-state index contributed by atoms with van der Waals surface area (Å²) in [4.78, 5) is 0. The lowest BCUT2D eigenvalue weighted by Gasteiger charge is -2.20. The minimum atomic E-state index is -0.195. The third-order valence-electron chi connectivity index (χ3n) is 5.22. The smallest absolute Gasteiger partial charge is 0.163 e. The fourth-order valence-corrected chi connectivity index (χ4v) is 3.97. The van der Waals surface area contributed by atoms with E-state index in [1.54, 1.807) is 6.07 Å². The number of aromatic nitrogens is 1. The number of hydrogen-bond donors (Lipinski definition) is 2. The average molecular weight is 445 g/mol. The number of nitrogens with zero attached hydrogens (tertiary/aromatic N) is 1. The van der Waals surface area contributed by atoms with Crippen LogP contribution in [0.15, 0.2) is 48.7 Å². The average Bonchev–Trinajstić information content (AvgIpc) is 3.17. The highest BCUT2D eigenvalue weighted by molar-refractivity contribution is 5.85. The van der Waals surface area contributed by atoms with Gasteiger partial charge in [0.1, 0.15) is 0 Å². The Kier molecular flexibility index (Phi) is 7.36. The summed E-state index contributed by atoms with van der Waals surface area (Å²) in [5, 5.41) is 14.5.